The number of hydrogen-bond donors (Lipinski definition) is 2. The van der Waals surface area contributed by atoms with E-state index < -0.39 is 10.0 Å². The second-order valence-electron chi connectivity index (χ2n) is 6.71. The van der Waals surface area contributed by atoms with Gasteiger partial charge >= 0.3 is 0 Å². The molecule has 1 aromatic heterocycles. The van der Waals surface area contributed by atoms with Crippen LogP contribution in [0.4, 0.5) is 10.8 Å². The maximum atomic E-state index is 13.0. The van der Waals surface area contributed by atoms with Crippen LogP contribution in [0.5, 0.6) is 5.75 Å². The van der Waals surface area contributed by atoms with Gasteiger partial charge in [-0.1, -0.05) is 35.6 Å². The van der Waals surface area contributed by atoms with E-state index >= 15 is 0 Å². The minimum atomic E-state index is -3.61. The first kappa shape index (κ1) is 23.5. The molecule has 0 bridgehead atoms. The molecular weight excluding hydrogens is 458 g/mol. The number of carbonyl (C=O) groups is 1. The second-order valence-corrected chi connectivity index (χ2v) is 10.8. The maximum absolute atomic E-state index is 13.0. The number of piperidine rings is 1. The van der Waals surface area contributed by atoms with E-state index in [1.807, 2.05) is 0 Å². The normalized spacial score (nSPS) is 14.7. The molecule has 0 aliphatic carbocycles. The molecule has 1 fully saturated rings. The molecule has 0 atom stereocenters. The summed E-state index contributed by atoms with van der Waals surface area (Å²) < 4.78 is 33.3. The Hall–Kier alpha value is -2.15. The van der Waals surface area contributed by atoms with Crippen LogP contribution in [-0.4, -0.2) is 61.3 Å². The summed E-state index contributed by atoms with van der Waals surface area (Å²) in [6.07, 6.45) is 4.46. The molecule has 168 valence electrons. The van der Waals surface area contributed by atoms with Gasteiger partial charge in [-0.05, 0) is 31.0 Å². The number of nitrogens with one attached hydrogen (secondary N) is 2. The number of sulfonamides is 1. The first-order valence-corrected chi connectivity index (χ1v) is 13.0. The van der Waals surface area contributed by atoms with Gasteiger partial charge in [0.15, 0.2) is 4.34 Å². The molecule has 31 heavy (non-hydrogen) atoms. The van der Waals surface area contributed by atoms with Gasteiger partial charge in [-0.25, -0.2) is 8.42 Å². The molecule has 1 amide bonds. The third-order valence-corrected chi connectivity index (χ3v) is 8.44. The van der Waals surface area contributed by atoms with Gasteiger partial charge in [-0.15, -0.1) is 16.8 Å². The zero-order valence-electron chi connectivity index (χ0n) is 17.2. The first-order valence-electron chi connectivity index (χ1n) is 9.73. The number of methoxy groups -OCH3 is 1. The van der Waals surface area contributed by atoms with Crippen molar-refractivity contribution in [3.05, 3.63) is 30.9 Å². The minimum Gasteiger partial charge on any atom is -0.495 e. The predicted octanol–water partition coefficient (Wildman–Crippen LogP) is 3.05. The summed E-state index contributed by atoms with van der Waals surface area (Å²) in [7, 11) is -2.15. The van der Waals surface area contributed by atoms with Crippen LogP contribution in [0.3, 0.4) is 0 Å². The lowest BCUT2D eigenvalue weighted by atomic mass is 10.2. The van der Waals surface area contributed by atoms with Gasteiger partial charge in [0.05, 0.1) is 23.4 Å². The van der Waals surface area contributed by atoms with Crippen LogP contribution in [0.2, 0.25) is 0 Å². The van der Waals surface area contributed by atoms with Gasteiger partial charge in [0.1, 0.15) is 5.75 Å². The third kappa shape index (κ3) is 6.19. The average Bonchev–Trinajstić information content (AvgIpc) is 3.24. The Kier molecular flexibility index (Phi) is 8.29. The molecule has 1 aliphatic heterocycles. The van der Waals surface area contributed by atoms with Gasteiger partial charge in [0.25, 0.3) is 0 Å². The molecule has 1 aromatic carbocycles. The molecule has 1 aliphatic rings. The van der Waals surface area contributed by atoms with Gasteiger partial charge < -0.3 is 15.4 Å². The van der Waals surface area contributed by atoms with Crippen LogP contribution in [-0.2, 0) is 14.8 Å². The third-order valence-electron chi connectivity index (χ3n) is 4.53. The topological polar surface area (TPSA) is 114 Å². The molecule has 0 radical (unpaired) electrons. The fourth-order valence-corrected chi connectivity index (χ4v) is 6.11. The fourth-order valence-electron chi connectivity index (χ4n) is 3.01. The van der Waals surface area contributed by atoms with E-state index in [0.717, 1.165) is 19.3 Å². The number of thioether (sulfide) groups is 1. The number of aromatic nitrogens is 2. The predicted molar refractivity (Wildman–Crippen MR) is 124 cm³/mol. The highest BCUT2D eigenvalue weighted by atomic mass is 32.2. The first-order chi connectivity index (χ1) is 14.9. The Morgan fingerprint density at radius 2 is 2.10 bits per heavy atom. The van der Waals surface area contributed by atoms with E-state index in [0.29, 0.717) is 40.5 Å². The number of carbonyl (C=O) groups excluding carboxylic acids is 1. The van der Waals surface area contributed by atoms with Gasteiger partial charge in [0, 0.05) is 19.6 Å². The molecule has 2 heterocycles. The monoisotopic (exact) mass is 483 g/mol. The standard InChI is InChI=1S/C19H25N5O4S3/c1-3-9-20-18-22-23-19(30-18)29-13-17(25)21-15-12-14(7-8-16(15)28-2)31(26,27)24-10-5-4-6-11-24/h3,7-8,12H,1,4-6,9-11,13H2,2H3,(H,20,22)(H,21,25). The lowest BCUT2D eigenvalue weighted by Gasteiger charge is -2.26. The number of rotatable bonds is 10. The van der Waals surface area contributed by atoms with Crippen LogP contribution in [0.1, 0.15) is 19.3 Å². The molecule has 9 nitrogen and oxygen atoms in total. The number of anilines is 2. The van der Waals surface area contributed by atoms with Crippen molar-refractivity contribution in [2.24, 2.45) is 0 Å². The van der Waals surface area contributed by atoms with Crippen molar-refractivity contribution in [2.45, 2.75) is 28.5 Å². The van der Waals surface area contributed by atoms with Crippen LogP contribution < -0.4 is 15.4 Å². The number of hydrogen-bond acceptors (Lipinski definition) is 9. The van der Waals surface area contributed by atoms with E-state index in [4.69, 9.17) is 4.74 Å². The fraction of sp³-hybridized carbons (Fsp3) is 0.421. The molecule has 2 N–H and O–H groups in total. The smallest absolute Gasteiger partial charge is 0.243 e. The van der Waals surface area contributed by atoms with E-state index in [9.17, 15) is 13.2 Å². The van der Waals surface area contributed by atoms with Crippen LogP contribution in [0, 0.1) is 0 Å². The van der Waals surface area contributed by atoms with Crippen molar-refractivity contribution in [1.82, 2.24) is 14.5 Å². The van der Waals surface area contributed by atoms with Crippen molar-refractivity contribution in [3.8, 4) is 5.75 Å². The summed E-state index contributed by atoms with van der Waals surface area (Å²) in [5, 5.41) is 14.5. The molecule has 2 aromatic rings. The Morgan fingerprint density at radius 1 is 1.32 bits per heavy atom. The Morgan fingerprint density at radius 3 is 2.81 bits per heavy atom. The minimum absolute atomic E-state index is 0.0996. The number of ether oxygens (including phenoxy) is 1. The van der Waals surface area contributed by atoms with Crippen molar-refractivity contribution < 1.29 is 17.9 Å². The summed E-state index contributed by atoms with van der Waals surface area (Å²) in [6, 6.07) is 4.52. The van der Waals surface area contributed by atoms with Crippen molar-refractivity contribution in [3.63, 3.8) is 0 Å². The van der Waals surface area contributed by atoms with E-state index in [2.05, 4.69) is 27.4 Å². The van der Waals surface area contributed by atoms with Crippen LogP contribution >= 0.6 is 23.1 Å². The average molecular weight is 484 g/mol. The highest BCUT2D eigenvalue weighted by Crippen LogP contribution is 2.31. The molecule has 0 saturated carbocycles. The van der Waals surface area contributed by atoms with Gasteiger partial charge in [-0.2, -0.15) is 4.31 Å². The largest absolute Gasteiger partial charge is 0.495 e. The highest BCUT2D eigenvalue weighted by Gasteiger charge is 2.27. The number of benzene rings is 1. The molecule has 12 heteroatoms. The van der Waals surface area contributed by atoms with Gasteiger partial charge in [0.2, 0.25) is 21.1 Å². The summed E-state index contributed by atoms with van der Waals surface area (Å²) in [5.74, 6) is 0.192. The van der Waals surface area contributed by atoms with E-state index in [1.165, 1.54) is 46.6 Å². The number of nitrogens with zero attached hydrogens (tertiary/aromatic N) is 3. The zero-order valence-corrected chi connectivity index (χ0v) is 19.6. The molecule has 1 saturated heterocycles. The zero-order chi connectivity index (χ0) is 22.3. The Balaban J connectivity index is 1.67. The molecule has 3 rings (SSSR count). The molecule has 0 unspecified atom stereocenters. The quantitative estimate of drug-likeness (QED) is 0.392. The van der Waals surface area contributed by atoms with E-state index in [-0.39, 0.29) is 16.6 Å². The Bertz CT molecular complexity index is 1020. The van der Waals surface area contributed by atoms with Crippen molar-refractivity contribution in [1.29, 1.82) is 0 Å². The molecule has 0 spiro atoms. The lowest BCUT2D eigenvalue weighted by Crippen LogP contribution is -2.35. The Labute approximate surface area is 190 Å². The van der Waals surface area contributed by atoms with Crippen LogP contribution in [0.15, 0.2) is 40.1 Å². The maximum Gasteiger partial charge on any atom is 0.243 e. The van der Waals surface area contributed by atoms with Gasteiger partial charge in [-0.3, -0.25) is 4.79 Å². The molecular formula is C19H25N5O4S3. The van der Waals surface area contributed by atoms with Crippen molar-refractivity contribution in [2.75, 3.05) is 43.1 Å². The van der Waals surface area contributed by atoms with Crippen LogP contribution in [0.25, 0.3) is 0 Å². The summed E-state index contributed by atoms with van der Waals surface area (Å²) in [6.45, 7) is 5.23. The van der Waals surface area contributed by atoms with Crippen molar-refractivity contribution >= 4 is 49.8 Å². The van der Waals surface area contributed by atoms with E-state index in [1.54, 1.807) is 12.1 Å². The summed E-state index contributed by atoms with van der Waals surface area (Å²) >= 11 is 2.59. The highest BCUT2D eigenvalue weighted by molar-refractivity contribution is 8.01. The summed E-state index contributed by atoms with van der Waals surface area (Å²) in [4.78, 5) is 12.6. The lowest BCUT2D eigenvalue weighted by molar-refractivity contribution is -0.113. The second kappa shape index (κ2) is 10.9. The number of amides is 1. The summed E-state index contributed by atoms with van der Waals surface area (Å²) in [5.41, 5.74) is 0.316. The SMILES string of the molecule is C=CCNc1nnc(SCC(=O)Nc2cc(S(=O)(=O)N3CCCCC3)ccc2OC)s1.